The first-order chi connectivity index (χ1) is 7.16. The summed E-state index contributed by atoms with van der Waals surface area (Å²) >= 11 is 0. The van der Waals surface area contributed by atoms with Crippen LogP contribution in [-0.2, 0) is 0 Å². The van der Waals surface area contributed by atoms with E-state index in [9.17, 15) is 4.11 Å². The van der Waals surface area contributed by atoms with Crippen LogP contribution < -0.4 is 5.19 Å². The third-order valence-electron chi connectivity index (χ3n) is 3.53. The summed E-state index contributed by atoms with van der Waals surface area (Å²) in [6.45, 7) is 12.1. The normalized spacial score (nSPS) is 16.2. The van der Waals surface area contributed by atoms with Crippen molar-refractivity contribution in [3.63, 3.8) is 0 Å². The number of benzene rings is 1. The molecule has 0 aromatic heterocycles. The molecule has 0 radical (unpaired) electrons. The molecule has 0 spiro atoms. The Kier molecular flexibility index (Phi) is 3.63. The van der Waals surface area contributed by atoms with Crippen LogP contribution in [-0.4, -0.2) is 8.41 Å². The van der Waals surface area contributed by atoms with E-state index in [4.69, 9.17) is 0 Å². The summed E-state index contributed by atoms with van der Waals surface area (Å²) in [6, 6.07) is 8.09. The summed E-state index contributed by atoms with van der Waals surface area (Å²) in [5.74, 6) is 0.510. The lowest BCUT2D eigenvalue weighted by Gasteiger charge is -2.32. The van der Waals surface area contributed by atoms with Crippen molar-refractivity contribution in [2.24, 2.45) is 0 Å². The molecule has 0 saturated carbocycles. The summed E-state index contributed by atoms with van der Waals surface area (Å²) in [5, 5.41) is 0.663. The van der Waals surface area contributed by atoms with Crippen molar-refractivity contribution < 1.29 is 4.11 Å². The smallest absolute Gasteiger partial charge is 0.279 e. The van der Waals surface area contributed by atoms with Crippen LogP contribution in [0.4, 0.5) is 4.11 Å². The zero-order valence-electron chi connectivity index (χ0n) is 11.3. The Morgan fingerprint density at radius 1 is 1.06 bits per heavy atom. The van der Waals surface area contributed by atoms with E-state index in [0.29, 0.717) is 5.92 Å². The molecule has 1 aromatic carbocycles. The fraction of sp³-hybridized carbons (Fsp3) is 0.571. The quantitative estimate of drug-likeness (QED) is 0.529. The van der Waals surface area contributed by atoms with Crippen molar-refractivity contribution in [2.75, 3.05) is 0 Å². The third kappa shape index (κ3) is 2.54. The average Bonchev–Trinajstić information content (AvgIpc) is 2.16. The van der Waals surface area contributed by atoms with Crippen LogP contribution in [0.25, 0.3) is 0 Å². The highest BCUT2D eigenvalue weighted by molar-refractivity contribution is 6.87. The highest BCUT2D eigenvalue weighted by Crippen LogP contribution is 2.36. The molecule has 16 heavy (non-hydrogen) atoms. The lowest BCUT2D eigenvalue weighted by Crippen LogP contribution is -2.48. The number of rotatable bonds is 2. The lowest BCUT2D eigenvalue weighted by atomic mass is 10.0. The van der Waals surface area contributed by atoms with E-state index >= 15 is 0 Å². The topological polar surface area (TPSA) is 0 Å². The summed E-state index contributed by atoms with van der Waals surface area (Å²) in [7, 11) is -2.84. The second-order valence-corrected chi connectivity index (χ2v) is 10.1. The molecular weight excluding hydrogens is 214 g/mol. The van der Waals surface area contributed by atoms with Gasteiger partial charge in [-0.1, -0.05) is 58.9 Å². The van der Waals surface area contributed by atoms with Crippen molar-refractivity contribution in [1.82, 2.24) is 0 Å². The Hall–Kier alpha value is -0.633. The van der Waals surface area contributed by atoms with Gasteiger partial charge in [0.05, 0.1) is 0 Å². The Morgan fingerprint density at radius 3 is 1.81 bits per heavy atom. The molecule has 0 heterocycles. The predicted molar refractivity (Wildman–Crippen MR) is 72.6 cm³/mol. The summed E-state index contributed by atoms with van der Waals surface area (Å²) in [5.41, 5.74) is 1.28. The van der Waals surface area contributed by atoms with E-state index in [0.717, 1.165) is 5.19 Å². The molecule has 0 amide bonds. The average molecular weight is 237 g/mol. The van der Waals surface area contributed by atoms with Crippen LogP contribution in [0.15, 0.2) is 24.3 Å². The highest BCUT2D eigenvalue weighted by Gasteiger charge is 2.43. The molecule has 90 valence electrons. The van der Waals surface area contributed by atoms with Gasteiger partial charge in [0.25, 0.3) is 8.41 Å². The van der Waals surface area contributed by atoms with Crippen LogP contribution in [0.1, 0.15) is 46.1 Å². The Bertz CT molecular complexity index is 344. The standard InChI is InChI=1S/C14H23FSi/c1-11(2)12-7-9-13(10-8-12)16(6,15)14(3,4)5/h7-11H,1-6H3/i15-1. The van der Waals surface area contributed by atoms with Gasteiger partial charge >= 0.3 is 0 Å². The van der Waals surface area contributed by atoms with Gasteiger partial charge in [0.2, 0.25) is 0 Å². The van der Waals surface area contributed by atoms with Crippen LogP contribution in [0, 0.1) is 0 Å². The van der Waals surface area contributed by atoms with Gasteiger partial charge in [0.1, 0.15) is 0 Å². The Morgan fingerprint density at radius 2 is 1.50 bits per heavy atom. The molecule has 0 fully saturated rings. The van der Waals surface area contributed by atoms with E-state index in [-0.39, 0.29) is 5.04 Å². The maximum atomic E-state index is 14.8. The van der Waals surface area contributed by atoms with E-state index < -0.39 is 8.41 Å². The van der Waals surface area contributed by atoms with Gasteiger partial charge in [0, 0.05) is 0 Å². The van der Waals surface area contributed by atoms with Crippen molar-refractivity contribution in [3.8, 4) is 0 Å². The zero-order valence-corrected chi connectivity index (χ0v) is 12.3. The zero-order chi connectivity index (χ0) is 12.6. The van der Waals surface area contributed by atoms with Crippen LogP contribution in [0.3, 0.4) is 0 Å². The summed E-state index contributed by atoms with van der Waals surface area (Å²) in [4.78, 5) is 0. The molecule has 0 saturated heterocycles. The molecule has 1 unspecified atom stereocenters. The summed E-state index contributed by atoms with van der Waals surface area (Å²) in [6.07, 6.45) is 0. The molecule has 1 atom stereocenters. The van der Waals surface area contributed by atoms with Crippen molar-refractivity contribution in [3.05, 3.63) is 29.8 Å². The largest absolute Gasteiger partial charge is 0.308 e. The minimum absolute atomic E-state index is 0.244. The first-order valence-electron chi connectivity index (χ1n) is 5.95. The number of halogens is 1. The highest BCUT2D eigenvalue weighted by atomic mass is 28.4. The molecule has 1 rings (SSSR count). The summed E-state index contributed by atoms with van der Waals surface area (Å²) < 4.78 is 14.8. The van der Waals surface area contributed by atoms with Crippen molar-refractivity contribution in [2.45, 2.75) is 52.1 Å². The maximum Gasteiger partial charge on any atom is 0.279 e. The Labute approximate surface area is 100 Å². The van der Waals surface area contributed by atoms with E-state index in [1.54, 1.807) is 6.55 Å². The van der Waals surface area contributed by atoms with Crippen LogP contribution in [0.2, 0.25) is 11.6 Å². The number of hydrogen-bond acceptors (Lipinski definition) is 0. The molecule has 2 heteroatoms. The minimum Gasteiger partial charge on any atom is -0.308 e. The van der Waals surface area contributed by atoms with Gasteiger partial charge in [-0.3, -0.25) is 0 Å². The van der Waals surface area contributed by atoms with Gasteiger partial charge in [-0.2, -0.15) is 0 Å². The van der Waals surface area contributed by atoms with E-state index in [1.165, 1.54) is 5.56 Å². The molecule has 1 aromatic rings. The first kappa shape index (κ1) is 13.4. The Balaban J connectivity index is 3.07. The first-order valence-corrected chi connectivity index (χ1v) is 8.33. The fourth-order valence-electron chi connectivity index (χ4n) is 1.61. The van der Waals surface area contributed by atoms with Crippen LogP contribution >= 0.6 is 0 Å². The molecular formula is C14H23FSi. The van der Waals surface area contributed by atoms with Crippen molar-refractivity contribution >= 4 is 13.6 Å². The van der Waals surface area contributed by atoms with Gasteiger partial charge in [-0.25, -0.2) is 0 Å². The van der Waals surface area contributed by atoms with E-state index in [2.05, 4.69) is 26.0 Å². The maximum absolute atomic E-state index is 14.8. The predicted octanol–water partition coefficient (Wildman–Crippen LogP) is 4.36. The minimum atomic E-state index is -2.84. The van der Waals surface area contributed by atoms with Gasteiger partial charge in [0.15, 0.2) is 0 Å². The molecule has 0 aliphatic rings. The molecule has 0 nitrogen and oxygen atoms in total. The monoisotopic (exact) mass is 237 g/mol. The molecule has 0 aliphatic heterocycles. The van der Waals surface area contributed by atoms with E-state index in [1.807, 2.05) is 32.9 Å². The van der Waals surface area contributed by atoms with Gasteiger partial charge in [-0.05, 0) is 28.3 Å². The SMILES string of the molecule is CC(C)c1ccc([Si](C)([18F])C(C)(C)C)cc1. The molecule has 0 aliphatic carbocycles. The lowest BCUT2D eigenvalue weighted by molar-refractivity contribution is 0.633. The molecule has 0 N–H and O–H groups in total. The van der Waals surface area contributed by atoms with Crippen LogP contribution in [0.5, 0.6) is 0 Å². The second-order valence-electron chi connectivity index (χ2n) is 6.03. The van der Waals surface area contributed by atoms with Gasteiger partial charge in [-0.15, -0.1) is 0 Å². The van der Waals surface area contributed by atoms with Gasteiger partial charge < -0.3 is 4.11 Å². The molecule has 0 bridgehead atoms. The second kappa shape index (κ2) is 4.32. The fourth-order valence-corrected chi connectivity index (χ4v) is 3.27. The number of hydrogen-bond donors (Lipinski definition) is 0. The van der Waals surface area contributed by atoms with Crippen molar-refractivity contribution in [1.29, 1.82) is 0 Å². The third-order valence-corrected chi connectivity index (χ3v) is 7.76.